The number of aromatic nitrogens is 2. The molecule has 0 aliphatic carbocycles. The zero-order valence-electron chi connectivity index (χ0n) is 20.7. The van der Waals surface area contributed by atoms with Crippen molar-refractivity contribution < 1.29 is 23.4 Å². The molecule has 4 aromatic rings. The van der Waals surface area contributed by atoms with Gasteiger partial charge in [-0.25, -0.2) is 13.6 Å². The van der Waals surface area contributed by atoms with Gasteiger partial charge in [0.1, 0.15) is 17.2 Å². The number of halogens is 3. The molecular weight excluding hydrogens is 538 g/mol. The lowest BCUT2D eigenvalue weighted by molar-refractivity contribution is 0.0743. The van der Waals surface area contributed by atoms with Crippen molar-refractivity contribution in [3.63, 3.8) is 0 Å². The maximum absolute atomic E-state index is 14.9. The van der Waals surface area contributed by atoms with Crippen molar-refractivity contribution in [3.8, 4) is 28.2 Å². The maximum Gasteiger partial charge on any atom is 0.149 e. The molecule has 0 bridgehead atoms. The predicted molar refractivity (Wildman–Crippen MR) is 146 cm³/mol. The van der Waals surface area contributed by atoms with E-state index in [1.54, 1.807) is 67.1 Å². The van der Waals surface area contributed by atoms with E-state index in [0.29, 0.717) is 28.1 Å². The fourth-order valence-corrected chi connectivity index (χ4v) is 5.90. The van der Waals surface area contributed by atoms with E-state index in [1.807, 2.05) is 0 Å². The molecule has 1 heterocycles. The zero-order chi connectivity index (χ0) is 27.4. The van der Waals surface area contributed by atoms with Crippen molar-refractivity contribution in [2.24, 2.45) is 0 Å². The number of aliphatic hydroxyl groups is 2. The summed E-state index contributed by atoms with van der Waals surface area (Å²) in [6.45, 7) is 2.76. The number of rotatable bonds is 6. The van der Waals surface area contributed by atoms with Crippen LogP contribution in [0.4, 0.5) is 4.39 Å². The van der Waals surface area contributed by atoms with Crippen molar-refractivity contribution in [2.75, 3.05) is 12.5 Å². The first-order chi connectivity index (χ1) is 17.1. The van der Waals surface area contributed by atoms with Gasteiger partial charge >= 0.3 is 0 Å². The molecule has 0 spiro atoms. The van der Waals surface area contributed by atoms with Gasteiger partial charge in [0.05, 0.1) is 38.5 Å². The van der Waals surface area contributed by atoms with Crippen LogP contribution in [0.3, 0.4) is 0 Å². The molecule has 3 N–H and O–H groups in total. The molecule has 0 radical (unpaired) electrons. The lowest BCUT2D eigenvalue weighted by Crippen LogP contribution is -2.29. The Balaban J connectivity index is 1.89. The third-order valence-electron chi connectivity index (χ3n) is 5.93. The van der Waals surface area contributed by atoms with Crippen LogP contribution in [0.2, 0.25) is 10.0 Å². The summed E-state index contributed by atoms with van der Waals surface area (Å²) in [5.74, 6) is -0.406. The third kappa shape index (κ3) is 5.50. The minimum atomic E-state index is -4.15. The normalized spacial score (nSPS) is 13.4. The Labute approximate surface area is 224 Å². The van der Waals surface area contributed by atoms with Gasteiger partial charge in [-0.15, -0.1) is 0 Å². The fraction of sp³-hybridized carbons (Fsp3) is 0.222. The Morgan fingerprint density at radius 2 is 1.68 bits per heavy atom. The predicted octanol–water partition coefficient (Wildman–Crippen LogP) is 6.28. The number of hydrogen-bond acceptors (Lipinski definition) is 4. The molecule has 196 valence electrons. The number of hydrogen-bond donors (Lipinski definition) is 3. The van der Waals surface area contributed by atoms with Gasteiger partial charge < -0.3 is 10.2 Å². The van der Waals surface area contributed by atoms with E-state index in [9.17, 15) is 23.4 Å². The van der Waals surface area contributed by atoms with Gasteiger partial charge in [-0.05, 0) is 60.9 Å². The summed E-state index contributed by atoms with van der Waals surface area (Å²) in [6, 6.07) is 14.4. The molecule has 37 heavy (non-hydrogen) atoms. The molecule has 4 rings (SSSR count). The summed E-state index contributed by atoms with van der Waals surface area (Å²) in [4.78, 5) is 4.64. The van der Waals surface area contributed by atoms with Crippen molar-refractivity contribution >= 4 is 32.5 Å². The van der Waals surface area contributed by atoms with Gasteiger partial charge in [0, 0.05) is 18.7 Å². The Morgan fingerprint density at radius 1 is 1.03 bits per heavy atom. The standard InChI is InChI=1S/C27H27Cl2FN2O4S/c1-27(2,34)24-14-32(26(31-24)25-19(28)6-5-7-21(25)30)22-11-10-16(12-20(22)29)17-8-9-18(15-33)23(13-17)37(3,4,35)36/h5-14,33-34H,15H2,1-4H3,(H,35,36). The van der Waals surface area contributed by atoms with E-state index in [-0.39, 0.29) is 32.9 Å². The first-order valence-electron chi connectivity index (χ1n) is 11.2. The molecule has 0 aliphatic rings. The van der Waals surface area contributed by atoms with Crippen LogP contribution >= 0.6 is 23.2 Å². The van der Waals surface area contributed by atoms with Gasteiger partial charge in [-0.3, -0.25) is 9.12 Å². The van der Waals surface area contributed by atoms with Crippen LogP contribution in [0, 0.1) is 5.82 Å². The molecule has 3 aromatic carbocycles. The van der Waals surface area contributed by atoms with Crippen molar-refractivity contribution in [1.82, 2.24) is 9.55 Å². The second-order valence-electron chi connectivity index (χ2n) is 9.89. The second kappa shape index (κ2) is 9.31. The van der Waals surface area contributed by atoms with Crippen molar-refractivity contribution in [2.45, 2.75) is 31.0 Å². The minimum Gasteiger partial charge on any atom is -0.392 e. The summed E-state index contributed by atoms with van der Waals surface area (Å²) in [6.07, 6.45) is 4.05. The molecule has 0 saturated heterocycles. The molecule has 0 unspecified atom stereocenters. The molecule has 0 atom stereocenters. The van der Waals surface area contributed by atoms with Gasteiger partial charge in [0.25, 0.3) is 0 Å². The topological polar surface area (TPSA) is 95.6 Å². The first kappa shape index (κ1) is 27.4. The maximum atomic E-state index is 14.9. The van der Waals surface area contributed by atoms with E-state index in [1.165, 1.54) is 24.6 Å². The summed E-state index contributed by atoms with van der Waals surface area (Å²) < 4.78 is 39.9. The first-order valence-corrected chi connectivity index (χ1v) is 14.7. The summed E-state index contributed by atoms with van der Waals surface area (Å²) in [5.41, 5.74) is 1.15. The Kier molecular flexibility index (Phi) is 6.90. The highest BCUT2D eigenvalue weighted by atomic mass is 35.5. The highest BCUT2D eigenvalue weighted by Crippen LogP contribution is 2.38. The van der Waals surface area contributed by atoms with E-state index >= 15 is 0 Å². The smallest absolute Gasteiger partial charge is 0.149 e. The Bertz CT molecular complexity index is 1560. The van der Waals surface area contributed by atoms with E-state index in [4.69, 9.17) is 23.2 Å². The largest absolute Gasteiger partial charge is 0.392 e. The molecule has 6 nitrogen and oxygen atoms in total. The van der Waals surface area contributed by atoms with Crippen molar-refractivity contribution in [1.29, 1.82) is 0 Å². The van der Waals surface area contributed by atoms with E-state index < -0.39 is 20.8 Å². The SMILES string of the molecule is CC(C)(O)c1cn(-c2ccc(-c3ccc(CO)c(S(C)(C)(=O)O)c3)cc2Cl)c(-c2c(F)cccc2Cl)n1. The number of benzene rings is 3. The number of imidazole rings is 1. The fourth-order valence-electron chi connectivity index (χ4n) is 4.04. The molecule has 0 saturated carbocycles. The molecule has 0 amide bonds. The molecule has 1 aromatic heterocycles. The zero-order valence-corrected chi connectivity index (χ0v) is 23.0. The van der Waals surface area contributed by atoms with Crippen LogP contribution in [0.1, 0.15) is 25.1 Å². The van der Waals surface area contributed by atoms with Gasteiger partial charge in [0.2, 0.25) is 0 Å². The van der Waals surface area contributed by atoms with Crippen LogP contribution in [0.5, 0.6) is 0 Å². The second-order valence-corrected chi connectivity index (χ2v) is 14.7. The average Bonchev–Trinajstić information content (AvgIpc) is 3.22. The van der Waals surface area contributed by atoms with Crippen molar-refractivity contribution in [3.05, 3.63) is 87.9 Å². The lowest BCUT2D eigenvalue weighted by Gasteiger charge is -2.36. The summed E-state index contributed by atoms with van der Waals surface area (Å²) in [5, 5.41) is 20.7. The highest BCUT2D eigenvalue weighted by Gasteiger charge is 2.26. The van der Waals surface area contributed by atoms with Crippen LogP contribution in [-0.4, -0.2) is 41.0 Å². The molecule has 0 fully saturated rings. The van der Waals surface area contributed by atoms with Crippen LogP contribution < -0.4 is 0 Å². The molecule has 10 heteroatoms. The number of aliphatic hydroxyl groups excluding tert-OH is 1. The van der Waals surface area contributed by atoms with E-state index in [0.717, 1.165) is 0 Å². The Hall–Kier alpha value is -2.59. The van der Waals surface area contributed by atoms with Crippen LogP contribution in [0.25, 0.3) is 28.2 Å². The minimum absolute atomic E-state index is 0.0684. The highest BCUT2D eigenvalue weighted by molar-refractivity contribution is 8.14. The van der Waals surface area contributed by atoms with Gasteiger partial charge in [0.15, 0.2) is 0 Å². The van der Waals surface area contributed by atoms with Gasteiger partial charge in [-0.1, -0.05) is 47.5 Å². The molecule has 0 aliphatic heterocycles. The third-order valence-corrected chi connectivity index (χ3v) is 8.18. The van der Waals surface area contributed by atoms with E-state index in [2.05, 4.69) is 4.98 Å². The van der Waals surface area contributed by atoms with Gasteiger partial charge in [-0.2, -0.15) is 9.35 Å². The summed E-state index contributed by atoms with van der Waals surface area (Å²) >= 11 is 13.0. The van der Waals surface area contributed by atoms with Crippen LogP contribution in [0.15, 0.2) is 65.7 Å². The number of nitrogens with zero attached hydrogens (tertiary/aromatic N) is 2. The van der Waals surface area contributed by atoms with Crippen LogP contribution in [-0.2, 0) is 21.6 Å². The summed E-state index contributed by atoms with van der Waals surface area (Å²) in [7, 11) is -4.15. The average molecular weight is 565 g/mol. The lowest BCUT2D eigenvalue weighted by atomic mass is 10.0. The molecular formula is C27H27Cl2FN2O4S. The Morgan fingerprint density at radius 3 is 2.24 bits per heavy atom. The monoisotopic (exact) mass is 564 g/mol. The quantitative estimate of drug-likeness (QED) is 0.256.